The van der Waals surface area contributed by atoms with Crippen LogP contribution in [-0.2, 0) is 28.9 Å². The smallest absolute Gasteiger partial charge is 0.330 e. The molecule has 0 saturated carbocycles. The highest BCUT2D eigenvalue weighted by Crippen LogP contribution is 2.50. The SMILES string of the molecule is COc1ccc(C(OC[C@H]2O[C@@H](n3cc(C)c(=O)[nH]c3=O)C[C@@H]2NC(=S)NC[C@H]2O[C@@H](n3cc(C)c(=O)[nH]c3=O)C[C@@H]2OP(OCCC#N)N(C(C)C)C(C)C)(c2ccccc2)c2ccccc2)cc1. The fourth-order valence-electron chi connectivity index (χ4n) is 8.92. The first kappa shape index (κ1) is 52.0. The van der Waals surface area contributed by atoms with Gasteiger partial charge in [0, 0.05) is 55.0 Å². The summed E-state index contributed by atoms with van der Waals surface area (Å²) in [6, 6.07) is 29.1. The van der Waals surface area contributed by atoms with Gasteiger partial charge < -0.3 is 38.6 Å². The van der Waals surface area contributed by atoms with E-state index >= 15 is 0 Å². The average Bonchev–Trinajstić information content (AvgIpc) is 3.94. The first-order chi connectivity index (χ1) is 33.6. The van der Waals surface area contributed by atoms with Crippen molar-refractivity contribution >= 4 is 25.9 Å². The number of rotatable bonds is 20. The Labute approximate surface area is 412 Å². The van der Waals surface area contributed by atoms with E-state index in [0.29, 0.717) is 16.9 Å². The maximum Gasteiger partial charge on any atom is 0.330 e. The normalized spacial score (nSPS) is 20.7. The predicted octanol–water partition coefficient (Wildman–Crippen LogP) is 5.79. The van der Waals surface area contributed by atoms with Crippen LogP contribution < -0.4 is 37.9 Å². The van der Waals surface area contributed by atoms with Crippen molar-refractivity contribution in [3.63, 3.8) is 0 Å². The van der Waals surface area contributed by atoms with Crippen LogP contribution in [-0.4, -0.2) is 92.2 Å². The third-order valence-corrected chi connectivity index (χ3v) is 14.7. The second-order valence-electron chi connectivity index (χ2n) is 17.8. The van der Waals surface area contributed by atoms with Crippen molar-refractivity contribution in [3.8, 4) is 11.8 Å². The van der Waals surface area contributed by atoms with Gasteiger partial charge in [-0.25, -0.2) is 14.3 Å². The summed E-state index contributed by atoms with van der Waals surface area (Å²) < 4.78 is 43.9. The van der Waals surface area contributed by atoms with Crippen LogP contribution in [0.5, 0.6) is 5.75 Å². The Morgan fingerprint density at radius 1 is 0.829 bits per heavy atom. The van der Waals surface area contributed by atoms with E-state index in [-0.39, 0.29) is 56.2 Å². The molecule has 7 atom stereocenters. The van der Waals surface area contributed by atoms with Crippen molar-refractivity contribution in [2.24, 2.45) is 0 Å². The van der Waals surface area contributed by atoms with E-state index in [1.165, 1.54) is 21.5 Å². The van der Waals surface area contributed by atoms with Gasteiger partial charge >= 0.3 is 11.4 Å². The fourth-order valence-corrected chi connectivity index (χ4v) is 10.9. The Morgan fingerprint density at radius 2 is 1.36 bits per heavy atom. The Hall–Kier alpha value is -5.81. The maximum absolute atomic E-state index is 13.3. The zero-order chi connectivity index (χ0) is 50.1. The molecule has 2 fully saturated rings. The lowest BCUT2D eigenvalue weighted by atomic mass is 9.80. The maximum atomic E-state index is 13.3. The highest BCUT2D eigenvalue weighted by molar-refractivity contribution is 7.80. The van der Waals surface area contributed by atoms with Gasteiger partial charge in [0.2, 0.25) is 0 Å². The molecule has 2 aliphatic heterocycles. The number of nitriles is 1. The molecule has 0 bridgehead atoms. The van der Waals surface area contributed by atoms with E-state index in [1.54, 1.807) is 21.0 Å². The molecule has 4 heterocycles. The molecule has 1 unspecified atom stereocenters. The van der Waals surface area contributed by atoms with Crippen LogP contribution in [0.2, 0.25) is 0 Å². The summed E-state index contributed by atoms with van der Waals surface area (Å²) in [5.74, 6) is 0.683. The van der Waals surface area contributed by atoms with Crippen LogP contribution in [0.3, 0.4) is 0 Å². The summed E-state index contributed by atoms with van der Waals surface area (Å²) in [5.41, 5.74) is -0.120. The second-order valence-corrected chi connectivity index (χ2v) is 19.6. The van der Waals surface area contributed by atoms with Crippen LogP contribution in [0.25, 0.3) is 0 Å². The molecule has 0 aliphatic carbocycles. The molecule has 372 valence electrons. The van der Waals surface area contributed by atoms with Crippen LogP contribution in [0, 0.1) is 25.2 Å². The molecule has 2 aliphatic rings. The minimum atomic E-state index is -1.71. The summed E-state index contributed by atoms with van der Waals surface area (Å²) in [4.78, 5) is 56.0. The number of aromatic nitrogens is 4. The standard InChI is InChI=1S/C50H61N8O10PS/c1-31(2)58(32(3)4)69(65-24-14-23-51)68-40-26-44(57-29-34(6)46(60)55-49(57)62)66-41(40)27-52-47(70)53-39-25-43(56-28-33(5)45(59)54-48(56)61)67-42(39)30-64-50(35-15-10-8-11-16-35,36-17-12-9-13-18-36)37-19-21-38(63-7)22-20-37/h8-13,15-22,28-29,31-32,39-44H,14,24-27,30H2,1-7H3,(H2,52,53,70)(H,54,59,61)(H,55,60,62)/t39-,40-,41+,42+,43+,44+,69?/m0/s1. The molecule has 0 spiro atoms. The van der Waals surface area contributed by atoms with Crippen molar-refractivity contribution in [3.05, 3.63) is 167 Å². The highest BCUT2D eigenvalue weighted by Gasteiger charge is 2.44. The zero-order valence-electron chi connectivity index (χ0n) is 40.3. The molecular weight excluding hydrogens is 936 g/mol. The lowest BCUT2D eigenvalue weighted by molar-refractivity contribution is -0.0806. The third-order valence-electron chi connectivity index (χ3n) is 12.3. The number of nitrogens with zero attached hydrogens (tertiary/aromatic N) is 4. The molecular formula is C50H61N8O10PS. The molecule has 0 radical (unpaired) electrons. The van der Waals surface area contributed by atoms with Gasteiger partial charge in [0.05, 0.1) is 45.0 Å². The van der Waals surface area contributed by atoms with Crippen molar-refractivity contribution in [1.82, 2.24) is 34.4 Å². The van der Waals surface area contributed by atoms with Gasteiger partial charge in [-0.3, -0.25) is 28.7 Å². The van der Waals surface area contributed by atoms with E-state index < -0.39 is 73.4 Å². The molecule has 3 aromatic carbocycles. The van der Waals surface area contributed by atoms with E-state index in [0.717, 1.165) is 16.7 Å². The number of methoxy groups -OCH3 is 1. The van der Waals surface area contributed by atoms with Crippen molar-refractivity contribution in [2.45, 2.75) is 115 Å². The van der Waals surface area contributed by atoms with Crippen molar-refractivity contribution in [1.29, 1.82) is 5.26 Å². The van der Waals surface area contributed by atoms with Gasteiger partial charge in [0.1, 0.15) is 36.0 Å². The fraction of sp³-hybridized carbons (Fsp3) is 0.440. The average molecular weight is 997 g/mol. The van der Waals surface area contributed by atoms with Crippen LogP contribution in [0.1, 0.15) is 87.2 Å². The van der Waals surface area contributed by atoms with Crippen molar-refractivity contribution in [2.75, 3.05) is 26.9 Å². The molecule has 2 saturated heterocycles. The number of hydrogen-bond donors (Lipinski definition) is 4. The minimum absolute atomic E-state index is 0.0118. The number of nitrogens with one attached hydrogen (secondary N) is 4. The first-order valence-corrected chi connectivity index (χ1v) is 24.8. The zero-order valence-corrected chi connectivity index (χ0v) is 42.0. The summed E-state index contributed by atoms with van der Waals surface area (Å²) >= 11 is 5.99. The molecule has 4 N–H and O–H groups in total. The number of H-pyrrole nitrogens is 2. The molecule has 18 nitrogen and oxygen atoms in total. The summed E-state index contributed by atoms with van der Waals surface area (Å²) in [6.07, 6.45) is -0.0567. The third kappa shape index (κ3) is 11.8. The minimum Gasteiger partial charge on any atom is -0.497 e. The molecule has 5 aromatic rings. The Bertz CT molecular complexity index is 2790. The van der Waals surface area contributed by atoms with Gasteiger partial charge in [-0.15, -0.1) is 0 Å². The number of aromatic amines is 2. The largest absolute Gasteiger partial charge is 0.497 e. The van der Waals surface area contributed by atoms with Gasteiger partial charge in [0.15, 0.2) is 5.11 Å². The molecule has 70 heavy (non-hydrogen) atoms. The molecule has 20 heteroatoms. The second kappa shape index (κ2) is 23.4. The quantitative estimate of drug-likeness (QED) is 0.0314. The number of hydrogen-bond acceptors (Lipinski definition) is 13. The first-order valence-electron chi connectivity index (χ1n) is 23.3. The number of thiocarbonyl (C=S) groups is 1. The lowest BCUT2D eigenvalue weighted by Crippen LogP contribution is -2.50. The molecule has 0 amide bonds. The summed E-state index contributed by atoms with van der Waals surface area (Å²) in [6.45, 7) is 11.7. The number of benzene rings is 3. The molecule has 2 aromatic heterocycles. The van der Waals surface area contributed by atoms with E-state index in [4.69, 9.17) is 40.2 Å². The Balaban J connectivity index is 1.18. The predicted molar refractivity (Wildman–Crippen MR) is 268 cm³/mol. The lowest BCUT2D eigenvalue weighted by Gasteiger charge is -2.37. The van der Waals surface area contributed by atoms with Crippen LogP contribution in [0.15, 0.2) is 117 Å². The summed E-state index contributed by atoms with van der Waals surface area (Å²) in [7, 11) is -0.0950. The highest BCUT2D eigenvalue weighted by atomic mass is 32.1. The van der Waals surface area contributed by atoms with Crippen LogP contribution >= 0.6 is 20.7 Å². The van der Waals surface area contributed by atoms with Crippen molar-refractivity contribution < 1.29 is 28.0 Å². The Kier molecular flexibility index (Phi) is 17.4. The summed E-state index contributed by atoms with van der Waals surface area (Å²) in [5, 5.41) is 16.3. The van der Waals surface area contributed by atoms with Gasteiger partial charge in [-0.05, 0) is 82.6 Å². The van der Waals surface area contributed by atoms with E-state index in [1.807, 2.05) is 113 Å². The Morgan fingerprint density at radius 3 is 1.89 bits per heavy atom. The monoisotopic (exact) mass is 996 g/mol. The van der Waals surface area contributed by atoms with E-state index in [2.05, 4.69) is 31.3 Å². The van der Waals surface area contributed by atoms with Crippen LogP contribution in [0.4, 0.5) is 0 Å². The van der Waals surface area contributed by atoms with E-state index in [9.17, 15) is 24.4 Å². The van der Waals surface area contributed by atoms with Gasteiger partial charge in [0.25, 0.3) is 19.6 Å². The topological polar surface area (TPSA) is 216 Å². The number of aryl methyl sites for hydroxylation is 2. The molecule has 7 rings (SSSR count). The number of ether oxygens (including phenoxy) is 4. The van der Waals surface area contributed by atoms with Gasteiger partial charge in [-0.2, -0.15) is 5.26 Å². The van der Waals surface area contributed by atoms with Gasteiger partial charge in [-0.1, -0.05) is 72.8 Å².